The Kier molecular flexibility index (Phi) is 9.16. The Morgan fingerprint density at radius 3 is 2.69 bits per heavy atom. The monoisotopic (exact) mass is 447 g/mol. The summed E-state index contributed by atoms with van der Waals surface area (Å²) in [6.07, 6.45) is 4.49. The summed E-state index contributed by atoms with van der Waals surface area (Å²) in [7, 11) is 0. The van der Waals surface area contributed by atoms with Crippen molar-refractivity contribution in [2.75, 3.05) is 45.9 Å². The highest BCUT2D eigenvalue weighted by Gasteiger charge is 2.49. The van der Waals surface area contributed by atoms with E-state index < -0.39 is 0 Å². The van der Waals surface area contributed by atoms with Crippen molar-refractivity contribution in [3.63, 3.8) is 0 Å². The van der Waals surface area contributed by atoms with Crippen LogP contribution in [0.15, 0.2) is 24.3 Å². The molecule has 5 nitrogen and oxygen atoms in total. The average Bonchev–Trinajstić information content (AvgIpc) is 3.15. The Hall–Kier alpha value is -0.920. The number of benzene rings is 1. The van der Waals surface area contributed by atoms with Gasteiger partial charge in [0.05, 0.1) is 24.7 Å². The maximum Gasteiger partial charge on any atom is 0.227 e. The van der Waals surface area contributed by atoms with Crippen molar-refractivity contribution in [2.45, 2.75) is 31.7 Å². The van der Waals surface area contributed by atoms with E-state index in [-0.39, 0.29) is 48.0 Å². The first-order chi connectivity index (χ1) is 13.2. The van der Waals surface area contributed by atoms with E-state index in [4.69, 9.17) is 4.74 Å². The molecule has 0 radical (unpaired) electrons. The lowest BCUT2D eigenvalue weighted by molar-refractivity contribution is -0.134. The summed E-state index contributed by atoms with van der Waals surface area (Å²) in [4.78, 5) is 15.6. The lowest BCUT2D eigenvalue weighted by Gasteiger charge is -2.39. The van der Waals surface area contributed by atoms with Crippen LogP contribution in [0.4, 0.5) is 4.39 Å². The lowest BCUT2D eigenvalue weighted by atomic mass is 9.67. The van der Waals surface area contributed by atoms with Crippen LogP contribution in [0.1, 0.15) is 37.3 Å². The van der Waals surface area contributed by atoms with Crippen LogP contribution in [0.25, 0.3) is 0 Å². The molecule has 3 aliphatic rings. The first-order valence-electron chi connectivity index (χ1n) is 10.3. The van der Waals surface area contributed by atoms with Crippen molar-refractivity contribution in [1.29, 1.82) is 0 Å². The fourth-order valence-electron chi connectivity index (χ4n) is 5.09. The van der Waals surface area contributed by atoms with Gasteiger partial charge in [-0.05, 0) is 43.0 Å². The number of carbonyl (C=O) groups is 1. The van der Waals surface area contributed by atoms with Crippen LogP contribution in [-0.4, -0.2) is 56.7 Å². The van der Waals surface area contributed by atoms with Gasteiger partial charge in [-0.25, -0.2) is 4.39 Å². The quantitative estimate of drug-likeness (QED) is 0.728. The van der Waals surface area contributed by atoms with Gasteiger partial charge in [-0.15, -0.1) is 24.8 Å². The fourth-order valence-corrected chi connectivity index (χ4v) is 5.09. The molecule has 1 aliphatic carbocycles. The summed E-state index contributed by atoms with van der Waals surface area (Å²) < 4.78 is 18.9. The Labute approximate surface area is 184 Å². The van der Waals surface area contributed by atoms with Crippen LogP contribution in [-0.2, 0) is 9.53 Å². The van der Waals surface area contributed by atoms with E-state index >= 15 is 0 Å². The number of halogens is 3. The fraction of sp³-hybridized carbons (Fsp3) is 0.667. The normalized spacial score (nSPS) is 27.8. The van der Waals surface area contributed by atoms with E-state index in [1.54, 1.807) is 0 Å². The second-order valence-corrected chi connectivity index (χ2v) is 8.16. The Bertz CT molecular complexity index is 658. The highest BCUT2D eigenvalue weighted by Crippen LogP contribution is 2.44. The van der Waals surface area contributed by atoms with Crippen molar-refractivity contribution in [3.05, 3.63) is 35.6 Å². The smallest absolute Gasteiger partial charge is 0.227 e. The third-order valence-electron chi connectivity index (χ3n) is 6.69. The van der Waals surface area contributed by atoms with E-state index in [2.05, 4.69) is 15.5 Å². The second-order valence-electron chi connectivity index (χ2n) is 8.16. The molecule has 1 saturated carbocycles. The molecule has 2 aliphatic heterocycles. The second kappa shape index (κ2) is 10.9. The number of morpholine rings is 1. The zero-order valence-corrected chi connectivity index (χ0v) is 18.3. The number of nitrogens with zero attached hydrogens (tertiary/aromatic N) is 1. The largest absolute Gasteiger partial charge is 0.379 e. The van der Waals surface area contributed by atoms with E-state index in [9.17, 15) is 9.18 Å². The van der Waals surface area contributed by atoms with Gasteiger partial charge >= 0.3 is 0 Å². The van der Waals surface area contributed by atoms with E-state index in [0.717, 1.165) is 51.0 Å². The first kappa shape index (κ1) is 24.4. The zero-order valence-electron chi connectivity index (χ0n) is 16.7. The summed E-state index contributed by atoms with van der Waals surface area (Å²) in [5.74, 6) is 0.418. The highest BCUT2D eigenvalue weighted by molar-refractivity contribution is 5.85. The molecule has 3 fully saturated rings. The molecule has 0 aromatic heterocycles. The molecular weight excluding hydrogens is 416 g/mol. The van der Waals surface area contributed by atoms with Crippen molar-refractivity contribution in [1.82, 2.24) is 15.5 Å². The number of rotatable bonds is 5. The number of carbonyl (C=O) groups excluding carboxylic acids is 1. The lowest BCUT2D eigenvalue weighted by Crippen LogP contribution is -2.50. The Morgan fingerprint density at radius 2 is 1.97 bits per heavy atom. The Morgan fingerprint density at radius 1 is 1.24 bits per heavy atom. The van der Waals surface area contributed by atoms with Gasteiger partial charge in [0.1, 0.15) is 5.82 Å². The third kappa shape index (κ3) is 5.23. The molecule has 1 aromatic rings. The van der Waals surface area contributed by atoms with Crippen molar-refractivity contribution >= 4 is 30.7 Å². The first-order valence-corrected chi connectivity index (χ1v) is 10.3. The maximum absolute atomic E-state index is 13.4. The van der Waals surface area contributed by atoms with Crippen molar-refractivity contribution in [3.8, 4) is 0 Å². The van der Waals surface area contributed by atoms with Crippen LogP contribution in [0.3, 0.4) is 0 Å². The predicted octanol–water partition coefficient (Wildman–Crippen LogP) is 2.94. The van der Waals surface area contributed by atoms with Gasteiger partial charge in [0.2, 0.25) is 5.91 Å². The number of hydrogen-bond acceptors (Lipinski definition) is 4. The number of hydrogen-bond donors (Lipinski definition) is 2. The minimum atomic E-state index is -0.239. The summed E-state index contributed by atoms with van der Waals surface area (Å²) in [5, 5.41) is 6.72. The number of nitrogens with one attached hydrogen (secondary N) is 2. The molecule has 2 N–H and O–H groups in total. The van der Waals surface area contributed by atoms with Gasteiger partial charge in [-0.3, -0.25) is 9.69 Å². The molecule has 2 heterocycles. The number of amides is 1. The highest BCUT2D eigenvalue weighted by atomic mass is 35.5. The average molecular weight is 448 g/mol. The summed E-state index contributed by atoms with van der Waals surface area (Å²) in [6, 6.07) is 6.72. The van der Waals surface area contributed by atoms with Gasteiger partial charge < -0.3 is 15.4 Å². The number of ether oxygens (including phenoxy) is 1. The van der Waals surface area contributed by atoms with Gasteiger partial charge in [0, 0.05) is 26.2 Å². The van der Waals surface area contributed by atoms with Gasteiger partial charge in [-0.2, -0.15) is 0 Å². The molecule has 29 heavy (non-hydrogen) atoms. The maximum atomic E-state index is 13.4. The predicted molar refractivity (Wildman–Crippen MR) is 116 cm³/mol. The molecule has 1 unspecified atom stereocenters. The molecule has 8 heteroatoms. The summed E-state index contributed by atoms with van der Waals surface area (Å²) in [6.45, 7) is 5.35. The molecule has 3 atom stereocenters. The standard InChI is InChI=1S/C21H30FN3O2.2ClH/c22-18-6-4-16(5-7-18)19(25-9-11-27-12-10-25)14-24-20(26)21-8-2-1-3-17(21)13-23-15-21;;/h4-7,17,19,23H,1-3,8-15H2,(H,24,26);2*1H/t17-,19?,21+;;/m0../s1. The minimum absolute atomic E-state index is 0. The van der Waals surface area contributed by atoms with E-state index in [1.807, 2.05) is 12.1 Å². The van der Waals surface area contributed by atoms with Gasteiger partial charge in [0.25, 0.3) is 0 Å². The summed E-state index contributed by atoms with van der Waals surface area (Å²) >= 11 is 0. The minimum Gasteiger partial charge on any atom is -0.379 e. The zero-order chi connectivity index (χ0) is 18.7. The molecule has 1 aromatic carbocycles. The van der Waals surface area contributed by atoms with Crippen LogP contribution >= 0.6 is 24.8 Å². The summed E-state index contributed by atoms with van der Waals surface area (Å²) in [5.41, 5.74) is 0.803. The SMILES string of the molecule is Cl.Cl.O=C(NCC(c1ccc(F)cc1)N1CCOCC1)[C@@]12CCCC[C@H]1CNC2. The molecular formula is C21H32Cl2FN3O2. The molecule has 0 bridgehead atoms. The van der Waals surface area contributed by atoms with Crippen LogP contribution in [0, 0.1) is 17.2 Å². The van der Waals surface area contributed by atoms with Crippen LogP contribution < -0.4 is 10.6 Å². The Balaban J connectivity index is 0.00000150. The topological polar surface area (TPSA) is 53.6 Å². The molecule has 1 amide bonds. The van der Waals surface area contributed by atoms with Crippen LogP contribution in [0.5, 0.6) is 0 Å². The van der Waals surface area contributed by atoms with E-state index in [0.29, 0.717) is 25.7 Å². The molecule has 0 spiro atoms. The van der Waals surface area contributed by atoms with Crippen molar-refractivity contribution in [2.24, 2.45) is 11.3 Å². The van der Waals surface area contributed by atoms with Gasteiger partial charge in [0.15, 0.2) is 0 Å². The number of fused-ring (bicyclic) bond motifs is 1. The van der Waals surface area contributed by atoms with E-state index in [1.165, 1.54) is 18.6 Å². The molecule has 164 valence electrons. The molecule has 4 rings (SSSR count). The van der Waals surface area contributed by atoms with Crippen molar-refractivity contribution < 1.29 is 13.9 Å². The van der Waals surface area contributed by atoms with Gasteiger partial charge in [-0.1, -0.05) is 25.0 Å². The molecule has 2 saturated heterocycles. The van der Waals surface area contributed by atoms with Crippen LogP contribution in [0.2, 0.25) is 0 Å². The third-order valence-corrected chi connectivity index (χ3v) is 6.69.